The molecule has 2 aliphatic heterocycles. The normalized spacial score (nSPS) is 19.1. The Bertz CT molecular complexity index is 1410. The van der Waals surface area contributed by atoms with Crippen LogP contribution >= 0.6 is 0 Å². The highest BCUT2D eigenvalue weighted by Gasteiger charge is 2.32. The van der Waals surface area contributed by atoms with Gasteiger partial charge in [0.2, 0.25) is 12.3 Å². The summed E-state index contributed by atoms with van der Waals surface area (Å²) in [5.74, 6) is 1.94. The Labute approximate surface area is 226 Å². The predicted octanol–water partition coefficient (Wildman–Crippen LogP) is 3.26. The summed E-state index contributed by atoms with van der Waals surface area (Å²) < 4.78 is 17.1. The lowest BCUT2D eigenvalue weighted by Crippen LogP contribution is -2.52. The third-order valence-electron chi connectivity index (χ3n) is 7.06. The Morgan fingerprint density at radius 1 is 1.05 bits per heavy atom. The molecule has 39 heavy (non-hydrogen) atoms. The number of ether oxygens (including phenoxy) is 1. The molecule has 1 N–H and O–H groups in total. The zero-order valence-electron chi connectivity index (χ0n) is 22.1. The van der Waals surface area contributed by atoms with Crippen molar-refractivity contribution in [1.82, 2.24) is 19.9 Å². The van der Waals surface area contributed by atoms with Crippen molar-refractivity contribution >= 4 is 23.2 Å². The number of β-amino-alcohol motifs (C(OH)–C–C–N with tert-alkyl or cyclic N) is 1. The third kappa shape index (κ3) is 5.60. The molecule has 204 valence electrons. The van der Waals surface area contributed by atoms with Gasteiger partial charge in [0.25, 0.3) is 0 Å². The first-order chi connectivity index (χ1) is 19.0. The standard InChI is InChI=1S/C28H32N6O5/c1-19-27(20(2)39-31-19)34-26(29-18-37-34)16-33-12-10-32(11-13-33)15-22(35)17-36-23-8-9-25-24(14-23)30-28(38-25)21-6-4-3-5-7-21/h3-9,14,18,22,26,35H,10-13,15-17H2,1-2H3. The van der Waals surface area contributed by atoms with E-state index in [2.05, 4.69) is 24.9 Å². The number of piperazine rings is 1. The van der Waals surface area contributed by atoms with Crippen LogP contribution in [0.25, 0.3) is 22.6 Å². The molecule has 2 aromatic carbocycles. The number of aryl methyl sites for hydroxylation is 2. The topological polar surface area (TPSA) is 113 Å². The molecule has 2 aromatic heterocycles. The summed E-state index contributed by atoms with van der Waals surface area (Å²) in [7, 11) is 0. The number of hydrogen-bond donors (Lipinski definition) is 1. The predicted molar refractivity (Wildman–Crippen MR) is 146 cm³/mol. The van der Waals surface area contributed by atoms with Gasteiger partial charge in [0.1, 0.15) is 35.4 Å². The molecule has 11 nitrogen and oxygen atoms in total. The van der Waals surface area contributed by atoms with Gasteiger partial charge in [-0.15, -0.1) is 0 Å². The number of benzene rings is 2. The zero-order chi connectivity index (χ0) is 26.8. The van der Waals surface area contributed by atoms with Crippen LogP contribution in [0.4, 0.5) is 5.69 Å². The Morgan fingerprint density at radius 3 is 2.62 bits per heavy atom. The van der Waals surface area contributed by atoms with Crippen LogP contribution in [0.5, 0.6) is 5.75 Å². The van der Waals surface area contributed by atoms with Crippen LogP contribution in [-0.4, -0.2) is 89.6 Å². The van der Waals surface area contributed by atoms with Crippen molar-refractivity contribution in [1.29, 1.82) is 0 Å². The Balaban J connectivity index is 0.965. The van der Waals surface area contributed by atoms with E-state index in [1.807, 2.05) is 62.4 Å². The lowest BCUT2D eigenvalue weighted by molar-refractivity contribution is 0.0441. The maximum absolute atomic E-state index is 10.6. The molecule has 0 spiro atoms. The summed E-state index contributed by atoms with van der Waals surface area (Å²) in [4.78, 5) is 19.3. The van der Waals surface area contributed by atoms with E-state index < -0.39 is 6.10 Å². The monoisotopic (exact) mass is 532 g/mol. The van der Waals surface area contributed by atoms with Crippen LogP contribution in [0.15, 0.2) is 62.5 Å². The number of oxazole rings is 1. The van der Waals surface area contributed by atoms with Crippen molar-refractivity contribution < 1.29 is 23.6 Å². The molecule has 0 radical (unpaired) electrons. The van der Waals surface area contributed by atoms with E-state index in [4.69, 9.17) is 18.5 Å². The first-order valence-electron chi connectivity index (χ1n) is 13.2. The van der Waals surface area contributed by atoms with E-state index in [0.29, 0.717) is 29.5 Å². The first-order valence-corrected chi connectivity index (χ1v) is 13.2. The van der Waals surface area contributed by atoms with Gasteiger partial charge in [0, 0.05) is 50.9 Å². The lowest BCUT2D eigenvalue weighted by atomic mass is 10.2. The number of hydroxylamine groups is 1. The Hall–Kier alpha value is -3.93. The number of anilines is 1. The number of rotatable bonds is 9. The van der Waals surface area contributed by atoms with Crippen molar-refractivity contribution in [2.75, 3.05) is 50.9 Å². The van der Waals surface area contributed by atoms with Gasteiger partial charge in [-0.2, -0.15) is 5.06 Å². The molecule has 0 saturated carbocycles. The minimum absolute atomic E-state index is 0.154. The van der Waals surface area contributed by atoms with Crippen LogP contribution in [0.1, 0.15) is 11.5 Å². The largest absolute Gasteiger partial charge is 0.491 e. The van der Waals surface area contributed by atoms with Gasteiger partial charge in [0.15, 0.2) is 17.5 Å². The van der Waals surface area contributed by atoms with Crippen LogP contribution in [0.2, 0.25) is 0 Å². The van der Waals surface area contributed by atoms with Gasteiger partial charge in [-0.25, -0.2) is 9.98 Å². The second kappa shape index (κ2) is 11.0. The summed E-state index contributed by atoms with van der Waals surface area (Å²) >= 11 is 0. The molecule has 11 heteroatoms. The molecule has 1 saturated heterocycles. The van der Waals surface area contributed by atoms with Crippen LogP contribution < -0.4 is 9.80 Å². The number of aromatic nitrogens is 2. The van der Waals surface area contributed by atoms with Gasteiger partial charge >= 0.3 is 0 Å². The minimum atomic E-state index is -0.604. The molecule has 0 amide bonds. The SMILES string of the molecule is Cc1noc(C)c1N1OC=NC1CN1CCN(CC(O)COc2ccc3oc(-c4ccccc4)nc3c2)CC1. The van der Waals surface area contributed by atoms with E-state index in [1.165, 1.54) is 6.40 Å². The molecule has 0 bridgehead atoms. The fourth-order valence-corrected chi connectivity index (χ4v) is 5.02. The Kier molecular flexibility index (Phi) is 7.18. The van der Waals surface area contributed by atoms with E-state index in [9.17, 15) is 5.11 Å². The average molecular weight is 533 g/mol. The van der Waals surface area contributed by atoms with Crippen molar-refractivity contribution in [3.63, 3.8) is 0 Å². The number of aliphatic hydroxyl groups excluding tert-OH is 1. The second-order valence-electron chi connectivity index (χ2n) is 9.92. The zero-order valence-corrected chi connectivity index (χ0v) is 22.1. The van der Waals surface area contributed by atoms with E-state index in [0.717, 1.165) is 55.2 Å². The minimum Gasteiger partial charge on any atom is -0.491 e. The molecule has 2 unspecified atom stereocenters. The number of nitrogens with zero attached hydrogens (tertiary/aromatic N) is 6. The summed E-state index contributed by atoms with van der Waals surface area (Å²) in [5, 5.41) is 16.4. The number of hydrogen-bond acceptors (Lipinski definition) is 11. The summed E-state index contributed by atoms with van der Waals surface area (Å²) in [6.45, 7) is 8.71. The van der Waals surface area contributed by atoms with E-state index in [-0.39, 0.29) is 12.8 Å². The highest BCUT2D eigenvalue weighted by Crippen LogP contribution is 2.29. The number of aliphatic imine (C=N–C) groups is 1. The molecule has 1 fully saturated rings. The van der Waals surface area contributed by atoms with E-state index in [1.54, 1.807) is 5.06 Å². The van der Waals surface area contributed by atoms with Gasteiger partial charge < -0.3 is 23.6 Å². The molecule has 6 rings (SSSR count). The molecular formula is C28H32N6O5. The summed E-state index contributed by atoms with van der Waals surface area (Å²) in [6, 6.07) is 15.3. The van der Waals surface area contributed by atoms with Gasteiger partial charge in [-0.3, -0.25) is 9.80 Å². The van der Waals surface area contributed by atoms with E-state index >= 15 is 0 Å². The maximum atomic E-state index is 10.6. The fraction of sp³-hybridized carbons (Fsp3) is 0.393. The average Bonchev–Trinajstić information content (AvgIpc) is 3.67. The first kappa shape index (κ1) is 25.4. The molecule has 0 aliphatic carbocycles. The van der Waals surface area contributed by atoms with Crippen molar-refractivity contribution in [3.05, 3.63) is 60.0 Å². The molecular weight excluding hydrogens is 500 g/mol. The maximum Gasteiger partial charge on any atom is 0.227 e. The van der Waals surface area contributed by atoms with Crippen LogP contribution in [0.3, 0.4) is 0 Å². The summed E-state index contributed by atoms with van der Waals surface area (Å²) in [5.41, 5.74) is 3.96. The lowest BCUT2D eigenvalue weighted by Gasteiger charge is -2.37. The highest BCUT2D eigenvalue weighted by atomic mass is 16.7. The smallest absolute Gasteiger partial charge is 0.227 e. The highest BCUT2D eigenvalue weighted by molar-refractivity contribution is 5.77. The second-order valence-corrected chi connectivity index (χ2v) is 9.92. The van der Waals surface area contributed by atoms with Crippen molar-refractivity contribution in [3.8, 4) is 17.2 Å². The number of fused-ring (bicyclic) bond motifs is 1. The molecule has 4 aromatic rings. The number of aliphatic hydroxyl groups is 1. The van der Waals surface area contributed by atoms with Gasteiger partial charge in [-0.1, -0.05) is 23.4 Å². The quantitative estimate of drug-likeness (QED) is 0.345. The van der Waals surface area contributed by atoms with Crippen molar-refractivity contribution in [2.24, 2.45) is 4.99 Å². The molecule has 4 heterocycles. The fourth-order valence-electron chi connectivity index (χ4n) is 5.02. The van der Waals surface area contributed by atoms with Crippen LogP contribution in [-0.2, 0) is 4.84 Å². The van der Waals surface area contributed by atoms with Crippen LogP contribution in [0, 0.1) is 13.8 Å². The van der Waals surface area contributed by atoms with Crippen molar-refractivity contribution in [2.45, 2.75) is 26.1 Å². The molecule has 2 atom stereocenters. The summed E-state index contributed by atoms with van der Waals surface area (Å²) in [6.07, 6.45) is 0.719. The van der Waals surface area contributed by atoms with Gasteiger partial charge in [-0.05, 0) is 38.1 Å². The third-order valence-corrected chi connectivity index (χ3v) is 7.06. The van der Waals surface area contributed by atoms with Gasteiger partial charge in [0.05, 0.1) is 0 Å². The Morgan fingerprint density at radius 2 is 1.85 bits per heavy atom. The molecule has 2 aliphatic rings.